The molecular weight excluding hydrogens is 391 g/mol. The zero-order chi connectivity index (χ0) is 19.8. The molecule has 1 fully saturated rings. The fraction of sp³-hybridized carbons (Fsp3) is 0.556. The molecule has 4 N–H and O–H groups in total. The van der Waals surface area contributed by atoms with Crippen molar-refractivity contribution in [2.75, 3.05) is 32.8 Å². The molecule has 0 spiro atoms. The van der Waals surface area contributed by atoms with Crippen LogP contribution in [0.1, 0.15) is 24.8 Å². The molecule has 0 radical (unpaired) electrons. The van der Waals surface area contributed by atoms with Crippen molar-refractivity contribution in [2.45, 2.75) is 31.8 Å². The first-order valence-electron chi connectivity index (χ1n) is 9.00. The molecule has 0 unspecified atom stereocenters. The first-order valence-corrected chi connectivity index (χ1v) is 9.75. The van der Waals surface area contributed by atoms with E-state index in [9.17, 15) is 9.59 Å². The Morgan fingerprint density at radius 2 is 1.96 bits per heavy atom. The number of amides is 3. The summed E-state index contributed by atoms with van der Waals surface area (Å²) >= 11 is 12.0. The van der Waals surface area contributed by atoms with Crippen molar-refractivity contribution in [3.05, 3.63) is 33.8 Å². The zero-order valence-electron chi connectivity index (χ0n) is 15.2. The standard InChI is InChI=1S/C18H26Cl2N4O3/c19-15-3-2-13(10-16(15)20)11-24(6-1-9-25)18(27)22-14-4-7-23(8-5-14)12-17(21)26/h2-3,10,14,25H,1,4-9,11-12H2,(H2,21,26)(H,22,27). The summed E-state index contributed by atoms with van der Waals surface area (Å²) in [5, 5.41) is 13.1. The third-order valence-corrected chi connectivity index (χ3v) is 5.26. The van der Waals surface area contributed by atoms with Gasteiger partial charge in [0.25, 0.3) is 0 Å². The highest BCUT2D eigenvalue weighted by Gasteiger charge is 2.23. The number of benzene rings is 1. The molecule has 2 rings (SSSR count). The van der Waals surface area contributed by atoms with Crippen LogP contribution in [0.2, 0.25) is 10.0 Å². The first-order chi connectivity index (χ1) is 12.9. The molecule has 0 atom stereocenters. The maximum Gasteiger partial charge on any atom is 0.317 e. The average molecular weight is 417 g/mol. The van der Waals surface area contributed by atoms with Crippen molar-refractivity contribution in [3.63, 3.8) is 0 Å². The number of primary amides is 1. The van der Waals surface area contributed by atoms with Crippen molar-refractivity contribution in [2.24, 2.45) is 5.73 Å². The number of aliphatic hydroxyl groups excluding tert-OH is 1. The first kappa shape index (κ1) is 21.8. The van der Waals surface area contributed by atoms with Crippen LogP contribution in [0.3, 0.4) is 0 Å². The topological polar surface area (TPSA) is 98.9 Å². The van der Waals surface area contributed by atoms with Crippen LogP contribution >= 0.6 is 23.2 Å². The largest absolute Gasteiger partial charge is 0.396 e. The van der Waals surface area contributed by atoms with Crippen molar-refractivity contribution < 1.29 is 14.7 Å². The number of halogens is 2. The molecule has 7 nitrogen and oxygen atoms in total. The van der Waals surface area contributed by atoms with Gasteiger partial charge in [0.05, 0.1) is 16.6 Å². The zero-order valence-corrected chi connectivity index (χ0v) is 16.7. The van der Waals surface area contributed by atoms with Gasteiger partial charge in [-0.05, 0) is 37.0 Å². The molecule has 9 heteroatoms. The molecule has 1 aliphatic rings. The van der Waals surface area contributed by atoms with Crippen LogP contribution in [0.25, 0.3) is 0 Å². The van der Waals surface area contributed by atoms with Crippen LogP contribution < -0.4 is 11.1 Å². The number of hydrogen-bond acceptors (Lipinski definition) is 4. The van der Waals surface area contributed by atoms with Gasteiger partial charge in [0.2, 0.25) is 5.91 Å². The van der Waals surface area contributed by atoms with Gasteiger partial charge >= 0.3 is 6.03 Å². The normalized spacial score (nSPS) is 15.5. The highest BCUT2D eigenvalue weighted by atomic mass is 35.5. The number of hydrogen-bond donors (Lipinski definition) is 3. The number of nitrogens with zero attached hydrogens (tertiary/aromatic N) is 2. The average Bonchev–Trinajstić information content (AvgIpc) is 2.62. The van der Waals surface area contributed by atoms with Crippen LogP contribution in [0.15, 0.2) is 18.2 Å². The Hall–Kier alpha value is -1.54. The predicted molar refractivity (Wildman–Crippen MR) is 106 cm³/mol. The molecule has 0 saturated carbocycles. The lowest BCUT2D eigenvalue weighted by atomic mass is 10.1. The van der Waals surface area contributed by atoms with Crippen LogP contribution in [-0.2, 0) is 11.3 Å². The van der Waals surface area contributed by atoms with Crippen LogP contribution in [0.4, 0.5) is 4.79 Å². The van der Waals surface area contributed by atoms with Crippen LogP contribution in [-0.4, -0.2) is 65.7 Å². The molecule has 0 bridgehead atoms. The molecule has 27 heavy (non-hydrogen) atoms. The SMILES string of the molecule is NC(=O)CN1CCC(NC(=O)N(CCCO)Cc2ccc(Cl)c(Cl)c2)CC1. The summed E-state index contributed by atoms with van der Waals surface area (Å²) in [7, 11) is 0. The Morgan fingerprint density at radius 1 is 1.26 bits per heavy atom. The Kier molecular flexibility index (Phi) is 8.63. The number of piperidine rings is 1. The van der Waals surface area contributed by atoms with Gasteiger partial charge in [-0.15, -0.1) is 0 Å². The number of urea groups is 1. The summed E-state index contributed by atoms with van der Waals surface area (Å²) in [5.74, 6) is -0.339. The minimum atomic E-state index is -0.339. The summed E-state index contributed by atoms with van der Waals surface area (Å²) in [6.07, 6.45) is 2.02. The molecule has 0 aromatic heterocycles. The summed E-state index contributed by atoms with van der Waals surface area (Å²) < 4.78 is 0. The lowest BCUT2D eigenvalue weighted by Gasteiger charge is -2.33. The summed E-state index contributed by atoms with van der Waals surface area (Å²) in [4.78, 5) is 27.4. The molecule has 1 aromatic carbocycles. The molecule has 1 heterocycles. The second kappa shape index (κ2) is 10.7. The fourth-order valence-corrected chi connectivity index (χ4v) is 3.41. The predicted octanol–water partition coefficient (Wildman–Crippen LogP) is 1.84. The number of carbonyl (C=O) groups excluding carboxylic acids is 2. The van der Waals surface area contributed by atoms with Gasteiger partial charge in [0.15, 0.2) is 0 Å². The van der Waals surface area contributed by atoms with Crippen LogP contribution in [0, 0.1) is 0 Å². The summed E-state index contributed by atoms with van der Waals surface area (Å²) in [6.45, 7) is 2.51. The van der Waals surface area contributed by atoms with Crippen molar-refractivity contribution in [1.29, 1.82) is 0 Å². The molecular formula is C18H26Cl2N4O3. The van der Waals surface area contributed by atoms with Crippen molar-refractivity contribution in [1.82, 2.24) is 15.1 Å². The lowest BCUT2D eigenvalue weighted by molar-refractivity contribution is -0.119. The Morgan fingerprint density at radius 3 is 2.56 bits per heavy atom. The van der Waals surface area contributed by atoms with E-state index in [2.05, 4.69) is 5.32 Å². The van der Waals surface area contributed by atoms with Gasteiger partial charge in [0.1, 0.15) is 0 Å². The fourth-order valence-electron chi connectivity index (χ4n) is 3.09. The van der Waals surface area contributed by atoms with E-state index >= 15 is 0 Å². The third-order valence-electron chi connectivity index (χ3n) is 4.53. The molecule has 0 aliphatic carbocycles. The summed E-state index contributed by atoms with van der Waals surface area (Å²) in [5.41, 5.74) is 6.09. The number of likely N-dealkylation sites (tertiary alicyclic amines) is 1. The number of nitrogens with two attached hydrogens (primary N) is 1. The monoisotopic (exact) mass is 416 g/mol. The van der Waals surface area contributed by atoms with Gasteiger partial charge in [0, 0.05) is 38.8 Å². The van der Waals surface area contributed by atoms with E-state index in [4.69, 9.17) is 34.0 Å². The molecule has 150 valence electrons. The maximum atomic E-state index is 12.7. The third kappa shape index (κ3) is 7.18. The molecule has 3 amide bonds. The van der Waals surface area contributed by atoms with E-state index in [0.29, 0.717) is 29.6 Å². The van der Waals surface area contributed by atoms with E-state index in [-0.39, 0.29) is 31.1 Å². The summed E-state index contributed by atoms with van der Waals surface area (Å²) in [6, 6.07) is 5.15. The van der Waals surface area contributed by atoms with E-state index in [1.807, 2.05) is 11.0 Å². The lowest BCUT2D eigenvalue weighted by Crippen LogP contribution is -2.50. The van der Waals surface area contributed by atoms with E-state index in [1.165, 1.54) is 0 Å². The Balaban J connectivity index is 1.92. The van der Waals surface area contributed by atoms with Gasteiger partial charge in [-0.1, -0.05) is 29.3 Å². The molecule has 1 aliphatic heterocycles. The van der Waals surface area contributed by atoms with Crippen LogP contribution in [0.5, 0.6) is 0 Å². The number of carbonyl (C=O) groups is 2. The smallest absolute Gasteiger partial charge is 0.317 e. The van der Waals surface area contributed by atoms with Gasteiger partial charge in [-0.2, -0.15) is 0 Å². The number of nitrogens with one attached hydrogen (secondary N) is 1. The number of aliphatic hydroxyl groups is 1. The Bertz CT molecular complexity index is 651. The highest BCUT2D eigenvalue weighted by Crippen LogP contribution is 2.23. The quantitative estimate of drug-likeness (QED) is 0.601. The van der Waals surface area contributed by atoms with E-state index in [1.54, 1.807) is 17.0 Å². The van der Waals surface area contributed by atoms with E-state index in [0.717, 1.165) is 31.5 Å². The second-order valence-corrected chi connectivity index (χ2v) is 7.53. The van der Waals surface area contributed by atoms with Gasteiger partial charge in [-0.3, -0.25) is 9.69 Å². The molecule has 1 aromatic rings. The highest BCUT2D eigenvalue weighted by molar-refractivity contribution is 6.42. The minimum Gasteiger partial charge on any atom is -0.396 e. The van der Waals surface area contributed by atoms with Crippen molar-refractivity contribution in [3.8, 4) is 0 Å². The minimum absolute atomic E-state index is 0.0106. The maximum absolute atomic E-state index is 12.7. The molecule has 1 saturated heterocycles. The number of rotatable bonds is 8. The van der Waals surface area contributed by atoms with Gasteiger partial charge < -0.3 is 21.1 Å². The Labute approximate surface area is 169 Å². The second-order valence-electron chi connectivity index (χ2n) is 6.71. The van der Waals surface area contributed by atoms with Gasteiger partial charge in [-0.25, -0.2) is 4.79 Å². The van der Waals surface area contributed by atoms with Crippen molar-refractivity contribution >= 4 is 35.1 Å². The van der Waals surface area contributed by atoms with E-state index < -0.39 is 0 Å².